The monoisotopic (exact) mass is 284 g/mol. The highest BCUT2D eigenvalue weighted by molar-refractivity contribution is 7.89. The quantitative estimate of drug-likeness (QED) is 0.760. The Kier molecular flexibility index (Phi) is 4.75. The maximum atomic E-state index is 12.0. The van der Waals surface area contributed by atoms with Crippen molar-refractivity contribution in [3.8, 4) is 12.3 Å². The molecule has 0 bridgehead atoms. The second-order valence-electron chi connectivity index (χ2n) is 4.08. The lowest BCUT2D eigenvalue weighted by molar-refractivity contribution is 0.0685. The Bertz CT molecular complexity index is 610. The molecule has 1 atom stereocenters. The van der Waals surface area contributed by atoms with Crippen LogP contribution in [0.3, 0.4) is 0 Å². The van der Waals surface area contributed by atoms with Crippen LogP contribution in [-0.4, -0.2) is 30.1 Å². The van der Waals surface area contributed by atoms with Crippen LogP contribution in [0.4, 0.5) is 0 Å². The fourth-order valence-electron chi connectivity index (χ4n) is 1.62. The van der Waals surface area contributed by atoms with Crippen LogP contribution in [0.1, 0.15) is 30.8 Å². The molecule has 7 heteroatoms. The van der Waals surface area contributed by atoms with Crippen molar-refractivity contribution in [2.24, 2.45) is 0 Å². The summed E-state index contributed by atoms with van der Waals surface area (Å²) >= 11 is 0. The smallest absolute Gasteiger partial charge is 0.352 e. The number of carboxylic acid groups (broad SMARTS) is 1. The van der Waals surface area contributed by atoms with Crippen LogP contribution < -0.4 is 4.72 Å². The van der Waals surface area contributed by atoms with Gasteiger partial charge in [-0.2, -0.15) is 0 Å². The van der Waals surface area contributed by atoms with Crippen molar-refractivity contribution in [2.75, 3.05) is 0 Å². The van der Waals surface area contributed by atoms with Gasteiger partial charge < -0.3 is 9.67 Å². The third-order valence-corrected chi connectivity index (χ3v) is 4.08. The van der Waals surface area contributed by atoms with Gasteiger partial charge in [0, 0.05) is 25.2 Å². The molecule has 1 aromatic rings. The normalized spacial score (nSPS) is 12.9. The van der Waals surface area contributed by atoms with Crippen molar-refractivity contribution in [1.82, 2.24) is 9.29 Å². The molecule has 0 aliphatic rings. The van der Waals surface area contributed by atoms with Crippen LogP contribution in [0, 0.1) is 12.3 Å². The van der Waals surface area contributed by atoms with E-state index in [9.17, 15) is 13.2 Å². The molecule has 6 nitrogen and oxygen atoms in total. The van der Waals surface area contributed by atoms with Crippen LogP contribution in [0.5, 0.6) is 0 Å². The first kappa shape index (κ1) is 15.3. The van der Waals surface area contributed by atoms with Gasteiger partial charge in [-0.15, -0.1) is 12.3 Å². The van der Waals surface area contributed by atoms with E-state index >= 15 is 0 Å². The number of aromatic nitrogens is 1. The Morgan fingerprint density at radius 3 is 2.68 bits per heavy atom. The molecule has 1 aromatic heterocycles. The molecule has 1 heterocycles. The van der Waals surface area contributed by atoms with E-state index in [1.165, 1.54) is 10.8 Å². The van der Waals surface area contributed by atoms with Crippen LogP contribution in [0.25, 0.3) is 0 Å². The highest BCUT2D eigenvalue weighted by Gasteiger charge is 2.22. The number of carboxylic acids is 1. The summed E-state index contributed by atoms with van der Waals surface area (Å²) in [6, 6.07) is 0.727. The van der Waals surface area contributed by atoms with Crippen molar-refractivity contribution >= 4 is 16.0 Å². The SMILES string of the molecule is C#CCC(C)NS(=O)(=O)c1cc(C(=O)O)n(CC)c1. The molecule has 0 aliphatic carbocycles. The third kappa shape index (κ3) is 3.59. The van der Waals surface area contributed by atoms with Gasteiger partial charge in [0.2, 0.25) is 10.0 Å². The summed E-state index contributed by atoms with van der Waals surface area (Å²) in [5.74, 6) is 1.19. The van der Waals surface area contributed by atoms with E-state index in [4.69, 9.17) is 11.5 Å². The number of hydrogen-bond donors (Lipinski definition) is 2. The van der Waals surface area contributed by atoms with Gasteiger partial charge in [0.25, 0.3) is 0 Å². The number of sulfonamides is 1. The summed E-state index contributed by atoms with van der Waals surface area (Å²) in [5, 5.41) is 8.98. The van der Waals surface area contributed by atoms with E-state index in [0.29, 0.717) is 6.54 Å². The second-order valence-corrected chi connectivity index (χ2v) is 5.80. The molecule has 0 radical (unpaired) electrons. The number of carbonyl (C=O) groups is 1. The van der Waals surface area contributed by atoms with Gasteiger partial charge in [-0.05, 0) is 19.9 Å². The van der Waals surface area contributed by atoms with Crippen molar-refractivity contribution in [2.45, 2.75) is 37.8 Å². The lowest BCUT2D eigenvalue weighted by atomic mass is 10.3. The van der Waals surface area contributed by atoms with E-state index in [1.54, 1.807) is 13.8 Å². The molecule has 1 rings (SSSR count). The van der Waals surface area contributed by atoms with Crippen molar-refractivity contribution in [3.63, 3.8) is 0 Å². The zero-order valence-corrected chi connectivity index (χ0v) is 11.6. The number of hydrogen-bond acceptors (Lipinski definition) is 3. The van der Waals surface area contributed by atoms with Crippen LogP contribution in [-0.2, 0) is 16.6 Å². The van der Waals surface area contributed by atoms with E-state index in [1.807, 2.05) is 0 Å². The molecule has 19 heavy (non-hydrogen) atoms. The minimum absolute atomic E-state index is 0.0625. The average molecular weight is 284 g/mol. The number of nitrogens with zero attached hydrogens (tertiary/aromatic N) is 1. The van der Waals surface area contributed by atoms with E-state index in [0.717, 1.165) is 6.07 Å². The first-order chi connectivity index (χ1) is 8.81. The Balaban J connectivity index is 3.09. The highest BCUT2D eigenvalue weighted by Crippen LogP contribution is 2.15. The molecule has 0 saturated heterocycles. The van der Waals surface area contributed by atoms with Gasteiger partial charge in [0.15, 0.2) is 0 Å². The standard InChI is InChI=1S/C12H16N2O4S/c1-4-6-9(3)13-19(17,18)10-7-11(12(15)16)14(5-2)8-10/h1,7-9,13H,5-6H2,2-3H3,(H,15,16). The summed E-state index contributed by atoms with van der Waals surface area (Å²) in [5.41, 5.74) is -0.0625. The van der Waals surface area contributed by atoms with Gasteiger partial charge in [0.05, 0.1) is 0 Å². The lowest BCUT2D eigenvalue weighted by Gasteiger charge is -2.10. The largest absolute Gasteiger partial charge is 0.477 e. The molecule has 0 aromatic carbocycles. The maximum absolute atomic E-state index is 12.0. The fraction of sp³-hybridized carbons (Fsp3) is 0.417. The molecule has 2 N–H and O–H groups in total. The molecule has 0 fully saturated rings. The lowest BCUT2D eigenvalue weighted by Crippen LogP contribution is -2.32. The first-order valence-corrected chi connectivity index (χ1v) is 7.19. The Labute approximate surface area is 112 Å². The fourth-order valence-corrected chi connectivity index (χ4v) is 2.90. The average Bonchev–Trinajstić information content (AvgIpc) is 2.73. The maximum Gasteiger partial charge on any atom is 0.352 e. The molecule has 0 spiro atoms. The zero-order chi connectivity index (χ0) is 14.6. The highest BCUT2D eigenvalue weighted by atomic mass is 32.2. The predicted molar refractivity (Wildman–Crippen MR) is 70.3 cm³/mol. The van der Waals surface area contributed by atoms with Gasteiger partial charge in [-0.25, -0.2) is 17.9 Å². The van der Waals surface area contributed by atoms with E-state index in [2.05, 4.69) is 10.6 Å². The molecule has 0 amide bonds. The van der Waals surface area contributed by atoms with Crippen molar-refractivity contribution in [3.05, 3.63) is 18.0 Å². The summed E-state index contributed by atoms with van der Waals surface area (Å²) in [6.45, 7) is 3.75. The predicted octanol–water partition coefficient (Wildman–Crippen LogP) is 0.896. The van der Waals surface area contributed by atoms with Crippen LogP contribution in [0.15, 0.2) is 17.2 Å². The first-order valence-electron chi connectivity index (χ1n) is 5.71. The van der Waals surface area contributed by atoms with Gasteiger partial charge in [0.1, 0.15) is 10.6 Å². The number of nitrogens with one attached hydrogen (secondary N) is 1. The number of terminal acetylenes is 1. The Morgan fingerprint density at radius 1 is 1.63 bits per heavy atom. The number of rotatable bonds is 6. The minimum atomic E-state index is -3.76. The summed E-state index contributed by atoms with van der Waals surface area (Å²) in [4.78, 5) is 10.9. The van der Waals surface area contributed by atoms with Gasteiger partial charge in [-0.3, -0.25) is 0 Å². The molecule has 104 valence electrons. The molecule has 0 saturated carbocycles. The summed E-state index contributed by atoms with van der Waals surface area (Å²) < 4.78 is 27.8. The van der Waals surface area contributed by atoms with Gasteiger partial charge in [-0.1, -0.05) is 0 Å². The zero-order valence-electron chi connectivity index (χ0n) is 10.8. The van der Waals surface area contributed by atoms with Gasteiger partial charge >= 0.3 is 5.97 Å². The van der Waals surface area contributed by atoms with Crippen LogP contribution in [0.2, 0.25) is 0 Å². The van der Waals surface area contributed by atoms with E-state index in [-0.39, 0.29) is 17.0 Å². The molecular weight excluding hydrogens is 268 g/mol. The molecular formula is C12H16N2O4S. The Hall–Kier alpha value is -1.78. The summed E-state index contributed by atoms with van der Waals surface area (Å²) in [7, 11) is -3.76. The summed E-state index contributed by atoms with van der Waals surface area (Å²) in [6.07, 6.45) is 6.67. The minimum Gasteiger partial charge on any atom is -0.477 e. The van der Waals surface area contributed by atoms with Crippen molar-refractivity contribution < 1.29 is 18.3 Å². The molecule has 1 unspecified atom stereocenters. The Morgan fingerprint density at radius 2 is 2.26 bits per heavy atom. The number of aromatic carboxylic acids is 1. The number of aryl methyl sites for hydroxylation is 1. The van der Waals surface area contributed by atoms with Crippen LogP contribution >= 0.6 is 0 Å². The molecule has 0 aliphatic heterocycles. The van der Waals surface area contributed by atoms with E-state index < -0.39 is 22.0 Å². The van der Waals surface area contributed by atoms with Crippen molar-refractivity contribution in [1.29, 1.82) is 0 Å². The third-order valence-electron chi connectivity index (χ3n) is 2.52. The second kappa shape index (κ2) is 5.91. The topological polar surface area (TPSA) is 88.4 Å².